The number of nitrogens with zero attached hydrogens (tertiary/aromatic N) is 2. The van der Waals surface area contributed by atoms with Crippen LogP contribution >= 0.6 is 22.9 Å². The molecule has 2 rings (SSSR count). The Kier molecular flexibility index (Phi) is 2.90. The van der Waals surface area contributed by atoms with Crippen LogP contribution in [0.3, 0.4) is 0 Å². The number of hydrogen-bond donors (Lipinski definition) is 1. The van der Waals surface area contributed by atoms with E-state index in [1.54, 1.807) is 11.3 Å². The Bertz CT molecular complexity index is 397. The van der Waals surface area contributed by atoms with Crippen LogP contribution in [0.2, 0.25) is 0 Å². The predicted molar refractivity (Wildman–Crippen MR) is 57.7 cm³/mol. The predicted octanol–water partition coefficient (Wildman–Crippen LogP) is 2.24. The number of aliphatic hydroxyl groups is 1. The SMILES string of the molecule is CCc1nnsc1C(O)c1cccs1. The van der Waals surface area contributed by atoms with Crippen LogP contribution in [0.15, 0.2) is 17.5 Å². The van der Waals surface area contributed by atoms with Crippen molar-refractivity contribution in [3.05, 3.63) is 33.0 Å². The molecular weight excluding hydrogens is 216 g/mol. The van der Waals surface area contributed by atoms with Gasteiger partial charge in [0.15, 0.2) is 0 Å². The third kappa shape index (κ3) is 1.70. The Hall–Kier alpha value is -0.780. The minimum Gasteiger partial charge on any atom is -0.382 e. The number of aryl methyl sites for hydroxylation is 1. The molecule has 0 amide bonds. The summed E-state index contributed by atoms with van der Waals surface area (Å²) in [7, 11) is 0. The van der Waals surface area contributed by atoms with Gasteiger partial charge < -0.3 is 5.11 Å². The molecule has 0 aromatic carbocycles. The third-order valence-electron chi connectivity index (χ3n) is 1.98. The Balaban J connectivity index is 2.31. The Morgan fingerprint density at radius 2 is 2.43 bits per heavy atom. The minimum atomic E-state index is -0.551. The van der Waals surface area contributed by atoms with Crippen molar-refractivity contribution < 1.29 is 5.11 Å². The Morgan fingerprint density at radius 1 is 1.57 bits per heavy atom. The Labute approximate surface area is 90.2 Å². The average Bonchev–Trinajstić information content (AvgIpc) is 2.87. The van der Waals surface area contributed by atoms with Crippen LogP contribution in [-0.2, 0) is 6.42 Å². The fourth-order valence-corrected chi connectivity index (χ4v) is 2.78. The topological polar surface area (TPSA) is 46.0 Å². The summed E-state index contributed by atoms with van der Waals surface area (Å²) in [5.41, 5.74) is 0.899. The third-order valence-corrected chi connectivity index (χ3v) is 3.72. The monoisotopic (exact) mass is 226 g/mol. The van der Waals surface area contributed by atoms with E-state index in [0.717, 1.165) is 21.9 Å². The quantitative estimate of drug-likeness (QED) is 0.873. The van der Waals surface area contributed by atoms with E-state index in [4.69, 9.17) is 0 Å². The van der Waals surface area contributed by atoms with Gasteiger partial charge in [-0.05, 0) is 29.4 Å². The summed E-state index contributed by atoms with van der Waals surface area (Å²) in [5, 5.41) is 16.0. The molecule has 0 fully saturated rings. The summed E-state index contributed by atoms with van der Waals surface area (Å²) < 4.78 is 3.86. The van der Waals surface area contributed by atoms with E-state index >= 15 is 0 Å². The molecule has 0 aliphatic heterocycles. The molecule has 2 aromatic rings. The van der Waals surface area contributed by atoms with E-state index in [1.807, 2.05) is 24.4 Å². The fourth-order valence-electron chi connectivity index (χ4n) is 1.24. The van der Waals surface area contributed by atoms with Crippen molar-refractivity contribution in [3.8, 4) is 0 Å². The summed E-state index contributed by atoms with van der Waals surface area (Å²) in [6.45, 7) is 2.02. The van der Waals surface area contributed by atoms with Gasteiger partial charge in [0.2, 0.25) is 0 Å². The van der Waals surface area contributed by atoms with Gasteiger partial charge in [0.1, 0.15) is 6.10 Å². The molecule has 0 bridgehead atoms. The zero-order chi connectivity index (χ0) is 9.97. The van der Waals surface area contributed by atoms with Gasteiger partial charge in [-0.25, -0.2) is 0 Å². The molecule has 14 heavy (non-hydrogen) atoms. The van der Waals surface area contributed by atoms with Crippen LogP contribution in [0.4, 0.5) is 0 Å². The normalized spacial score (nSPS) is 13.0. The minimum absolute atomic E-state index is 0.551. The van der Waals surface area contributed by atoms with Gasteiger partial charge in [-0.3, -0.25) is 0 Å². The van der Waals surface area contributed by atoms with Crippen LogP contribution < -0.4 is 0 Å². The molecule has 0 saturated heterocycles. The molecule has 0 radical (unpaired) electrons. The highest BCUT2D eigenvalue weighted by atomic mass is 32.1. The summed E-state index contributed by atoms with van der Waals surface area (Å²) >= 11 is 2.83. The standard InChI is InChI=1S/C9H10N2OS2/c1-2-6-9(14-11-10-6)8(12)7-4-3-5-13-7/h3-5,8,12H,2H2,1H3. The summed E-state index contributed by atoms with van der Waals surface area (Å²) in [6.07, 6.45) is 0.263. The highest BCUT2D eigenvalue weighted by Gasteiger charge is 2.18. The van der Waals surface area contributed by atoms with Gasteiger partial charge in [-0.2, -0.15) is 0 Å². The van der Waals surface area contributed by atoms with Gasteiger partial charge in [0.05, 0.1) is 10.6 Å². The highest BCUT2D eigenvalue weighted by molar-refractivity contribution is 7.10. The van der Waals surface area contributed by atoms with Gasteiger partial charge >= 0.3 is 0 Å². The van der Waals surface area contributed by atoms with Crippen LogP contribution in [0.25, 0.3) is 0 Å². The lowest BCUT2D eigenvalue weighted by atomic mass is 10.2. The molecule has 1 atom stereocenters. The van der Waals surface area contributed by atoms with Crippen molar-refractivity contribution in [2.24, 2.45) is 0 Å². The molecule has 0 aliphatic rings. The smallest absolute Gasteiger partial charge is 0.126 e. The largest absolute Gasteiger partial charge is 0.382 e. The molecule has 1 N–H and O–H groups in total. The number of rotatable bonds is 3. The number of thiophene rings is 1. The lowest BCUT2D eigenvalue weighted by molar-refractivity contribution is 0.226. The zero-order valence-electron chi connectivity index (χ0n) is 7.67. The molecule has 5 heteroatoms. The first-order chi connectivity index (χ1) is 6.83. The molecule has 1 unspecified atom stereocenters. The highest BCUT2D eigenvalue weighted by Crippen LogP contribution is 2.29. The van der Waals surface area contributed by atoms with Crippen molar-refractivity contribution in [1.82, 2.24) is 9.59 Å². The summed E-state index contributed by atoms with van der Waals surface area (Å²) in [5.74, 6) is 0. The van der Waals surface area contributed by atoms with Gasteiger partial charge in [0, 0.05) is 4.88 Å². The fraction of sp³-hybridized carbons (Fsp3) is 0.333. The van der Waals surface area contributed by atoms with Gasteiger partial charge in [-0.15, -0.1) is 16.4 Å². The number of aliphatic hydroxyl groups excluding tert-OH is 1. The molecule has 3 nitrogen and oxygen atoms in total. The van der Waals surface area contributed by atoms with E-state index in [-0.39, 0.29) is 0 Å². The summed E-state index contributed by atoms with van der Waals surface area (Å²) in [6, 6.07) is 3.86. The Morgan fingerprint density at radius 3 is 3.07 bits per heavy atom. The van der Waals surface area contributed by atoms with E-state index in [1.165, 1.54) is 11.5 Å². The van der Waals surface area contributed by atoms with Crippen LogP contribution in [0, 0.1) is 0 Å². The summed E-state index contributed by atoms with van der Waals surface area (Å²) in [4.78, 5) is 1.82. The first-order valence-electron chi connectivity index (χ1n) is 4.35. The van der Waals surface area contributed by atoms with Crippen LogP contribution in [-0.4, -0.2) is 14.7 Å². The van der Waals surface area contributed by atoms with E-state index < -0.39 is 6.10 Å². The second-order valence-corrected chi connectivity index (χ2v) is 4.62. The molecule has 2 heterocycles. The second-order valence-electron chi connectivity index (χ2n) is 2.86. The van der Waals surface area contributed by atoms with Gasteiger partial charge in [-0.1, -0.05) is 17.5 Å². The average molecular weight is 226 g/mol. The molecular formula is C9H10N2OS2. The lowest BCUT2D eigenvalue weighted by Gasteiger charge is -2.05. The maximum atomic E-state index is 10.0. The molecule has 0 aliphatic carbocycles. The number of hydrogen-bond acceptors (Lipinski definition) is 5. The van der Waals surface area contributed by atoms with Crippen molar-refractivity contribution in [2.45, 2.75) is 19.4 Å². The first-order valence-corrected chi connectivity index (χ1v) is 6.00. The number of aromatic nitrogens is 2. The van der Waals surface area contributed by atoms with Crippen molar-refractivity contribution in [1.29, 1.82) is 0 Å². The van der Waals surface area contributed by atoms with Gasteiger partial charge in [0.25, 0.3) is 0 Å². The molecule has 74 valence electrons. The molecule has 0 saturated carbocycles. The second kappa shape index (κ2) is 4.16. The maximum absolute atomic E-state index is 10.0. The van der Waals surface area contributed by atoms with Crippen molar-refractivity contribution in [2.75, 3.05) is 0 Å². The van der Waals surface area contributed by atoms with Crippen LogP contribution in [0.5, 0.6) is 0 Å². The van der Waals surface area contributed by atoms with E-state index in [0.29, 0.717) is 0 Å². The van der Waals surface area contributed by atoms with E-state index in [9.17, 15) is 5.11 Å². The lowest BCUT2D eigenvalue weighted by Crippen LogP contribution is -1.98. The van der Waals surface area contributed by atoms with Crippen molar-refractivity contribution in [3.63, 3.8) is 0 Å². The van der Waals surface area contributed by atoms with Crippen LogP contribution in [0.1, 0.15) is 28.5 Å². The van der Waals surface area contributed by atoms with E-state index in [2.05, 4.69) is 9.59 Å². The molecule has 0 spiro atoms. The van der Waals surface area contributed by atoms with Crippen molar-refractivity contribution >= 4 is 22.9 Å². The molecule has 2 aromatic heterocycles. The first kappa shape index (κ1) is 9.76. The zero-order valence-corrected chi connectivity index (χ0v) is 9.31. The maximum Gasteiger partial charge on any atom is 0.126 e.